The Bertz CT molecular complexity index is 1730. The Morgan fingerprint density at radius 1 is 1.00 bits per heavy atom. The van der Waals surface area contributed by atoms with Crippen molar-refractivity contribution in [1.29, 1.82) is 0 Å². The summed E-state index contributed by atoms with van der Waals surface area (Å²) in [6.07, 6.45) is 3.98. The van der Waals surface area contributed by atoms with E-state index in [1.54, 1.807) is 13.2 Å². The standard InChI is InChI=1S/C31H31F4N5O3S/c1-39-10-8-31(38-39)44(42,43)40-11-9-36-18-26(40)6-7-28-22(17-37-19-30(28)35)14-27(41)16-29(20-2-4-23(32)5-3-20)21-12-24(33)15-25(34)13-21/h2-5,8,10,12-13,15,17,19,26,29,36H,6-7,9,11,14,16,18H2,1H3/t26-,29-/m0/s1. The average Bonchev–Trinajstić information content (AvgIpc) is 3.43. The zero-order valence-corrected chi connectivity index (χ0v) is 24.7. The number of piperazine rings is 1. The summed E-state index contributed by atoms with van der Waals surface area (Å²) in [5.74, 6) is -3.88. The summed E-state index contributed by atoms with van der Waals surface area (Å²) in [4.78, 5) is 17.3. The normalized spacial score (nSPS) is 16.6. The number of aromatic nitrogens is 3. The molecule has 8 nitrogen and oxygen atoms in total. The predicted molar refractivity (Wildman–Crippen MR) is 154 cm³/mol. The van der Waals surface area contributed by atoms with Crippen molar-refractivity contribution in [1.82, 2.24) is 24.4 Å². The van der Waals surface area contributed by atoms with Crippen LogP contribution >= 0.6 is 0 Å². The van der Waals surface area contributed by atoms with E-state index in [9.17, 15) is 26.4 Å². The van der Waals surface area contributed by atoms with Gasteiger partial charge in [-0.2, -0.15) is 9.40 Å². The highest BCUT2D eigenvalue weighted by atomic mass is 32.2. The number of aryl methyl sites for hydroxylation is 1. The lowest BCUT2D eigenvalue weighted by molar-refractivity contribution is -0.118. The topological polar surface area (TPSA) is 97.2 Å². The molecule has 0 amide bonds. The van der Waals surface area contributed by atoms with Gasteiger partial charge in [-0.3, -0.25) is 14.5 Å². The molecule has 2 aromatic carbocycles. The molecular weight excluding hydrogens is 598 g/mol. The summed E-state index contributed by atoms with van der Waals surface area (Å²) in [5, 5.41) is 7.17. The number of carbonyl (C=O) groups is 1. The maximum atomic E-state index is 15.1. The van der Waals surface area contributed by atoms with E-state index in [0.717, 1.165) is 24.4 Å². The Balaban J connectivity index is 1.35. The second-order valence-corrected chi connectivity index (χ2v) is 12.7. The molecule has 3 heterocycles. The highest BCUT2D eigenvalue weighted by Crippen LogP contribution is 2.31. The average molecular weight is 630 g/mol. The monoisotopic (exact) mass is 629 g/mol. The summed E-state index contributed by atoms with van der Waals surface area (Å²) in [7, 11) is -2.26. The van der Waals surface area contributed by atoms with Crippen molar-refractivity contribution in [3.8, 4) is 0 Å². The number of nitrogens with zero attached hydrogens (tertiary/aromatic N) is 4. The zero-order chi connectivity index (χ0) is 31.4. The summed E-state index contributed by atoms with van der Waals surface area (Å²) < 4.78 is 86.4. The van der Waals surface area contributed by atoms with Gasteiger partial charge >= 0.3 is 0 Å². The van der Waals surface area contributed by atoms with Gasteiger partial charge in [-0.25, -0.2) is 26.0 Å². The lowest BCUT2D eigenvalue weighted by Crippen LogP contribution is -2.53. The van der Waals surface area contributed by atoms with Crippen molar-refractivity contribution in [3.05, 3.63) is 113 Å². The van der Waals surface area contributed by atoms with E-state index in [4.69, 9.17) is 0 Å². The summed E-state index contributed by atoms with van der Waals surface area (Å²) >= 11 is 0. The van der Waals surface area contributed by atoms with Crippen molar-refractivity contribution in [2.75, 3.05) is 19.6 Å². The fourth-order valence-electron chi connectivity index (χ4n) is 5.61. The molecule has 1 saturated heterocycles. The van der Waals surface area contributed by atoms with Crippen LogP contribution < -0.4 is 5.32 Å². The van der Waals surface area contributed by atoms with Crippen LogP contribution in [-0.4, -0.2) is 58.9 Å². The van der Waals surface area contributed by atoms with E-state index >= 15 is 4.39 Å². The smallest absolute Gasteiger partial charge is 0.262 e. The van der Waals surface area contributed by atoms with Crippen LogP contribution in [0.3, 0.4) is 0 Å². The number of Topliss-reactive ketones (excluding diaryl/α,β-unsaturated/α-hetero) is 1. The second-order valence-electron chi connectivity index (χ2n) is 10.8. The van der Waals surface area contributed by atoms with Gasteiger partial charge in [0.1, 0.15) is 29.1 Å². The molecule has 0 bridgehead atoms. The molecule has 0 aliphatic carbocycles. The number of nitrogens with one attached hydrogen (secondary N) is 1. The summed E-state index contributed by atoms with van der Waals surface area (Å²) in [6.45, 7) is 1.03. The SMILES string of the molecule is Cn1ccc(S(=O)(=O)N2CCNC[C@@H]2CCc2c(F)cncc2CC(=O)C[C@@H](c2ccc(F)cc2)c2cc(F)cc(F)c2)n1. The molecule has 0 radical (unpaired) electrons. The Morgan fingerprint density at radius 3 is 2.41 bits per heavy atom. The van der Waals surface area contributed by atoms with Crippen LogP contribution in [-0.2, 0) is 34.7 Å². The van der Waals surface area contributed by atoms with Crippen LogP contribution in [0.15, 0.2) is 72.1 Å². The highest BCUT2D eigenvalue weighted by molar-refractivity contribution is 7.89. The van der Waals surface area contributed by atoms with Gasteiger partial charge in [0, 0.05) is 69.9 Å². The third kappa shape index (κ3) is 7.22. The first-order valence-electron chi connectivity index (χ1n) is 14.1. The second kappa shape index (κ2) is 13.4. The molecule has 0 saturated carbocycles. The van der Waals surface area contributed by atoms with Crippen molar-refractivity contribution >= 4 is 15.8 Å². The molecule has 0 unspecified atom stereocenters. The number of pyridine rings is 1. The highest BCUT2D eigenvalue weighted by Gasteiger charge is 2.35. The fraction of sp³-hybridized carbons (Fsp3) is 0.323. The van der Waals surface area contributed by atoms with Gasteiger partial charge in [-0.05, 0) is 65.4 Å². The number of benzene rings is 2. The molecule has 13 heteroatoms. The van der Waals surface area contributed by atoms with Gasteiger partial charge in [0.25, 0.3) is 10.0 Å². The van der Waals surface area contributed by atoms with E-state index in [0.29, 0.717) is 24.2 Å². The molecule has 4 aromatic rings. The third-order valence-corrected chi connectivity index (χ3v) is 9.60. The number of hydrogen-bond donors (Lipinski definition) is 1. The number of carbonyl (C=O) groups excluding carboxylic acids is 1. The first-order valence-corrected chi connectivity index (χ1v) is 15.5. The number of hydrogen-bond acceptors (Lipinski definition) is 6. The molecule has 1 aliphatic rings. The largest absolute Gasteiger partial charge is 0.314 e. The van der Waals surface area contributed by atoms with Crippen molar-refractivity contribution < 1.29 is 30.8 Å². The maximum Gasteiger partial charge on any atom is 0.262 e. The van der Waals surface area contributed by atoms with Crippen molar-refractivity contribution in [2.45, 2.75) is 42.7 Å². The van der Waals surface area contributed by atoms with E-state index in [2.05, 4.69) is 15.4 Å². The van der Waals surface area contributed by atoms with Crippen LogP contribution in [0.5, 0.6) is 0 Å². The minimum atomic E-state index is -3.88. The Labute approximate surface area is 252 Å². The predicted octanol–water partition coefficient (Wildman–Crippen LogP) is 4.30. The molecule has 1 N–H and O–H groups in total. The van der Waals surface area contributed by atoms with E-state index in [-0.39, 0.29) is 54.2 Å². The molecule has 1 fully saturated rings. The zero-order valence-electron chi connectivity index (χ0n) is 23.9. The molecule has 232 valence electrons. The van der Waals surface area contributed by atoms with E-state index in [1.165, 1.54) is 45.5 Å². The van der Waals surface area contributed by atoms with E-state index < -0.39 is 45.3 Å². The number of sulfonamides is 1. The van der Waals surface area contributed by atoms with Crippen LogP contribution in [0, 0.1) is 23.3 Å². The lowest BCUT2D eigenvalue weighted by Gasteiger charge is -2.34. The van der Waals surface area contributed by atoms with Crippen LogP contribution in [0.4, 0.5) is 17.6 Å². The summed E-state index contributed by atoms with van der Waals surface area (Å²) in [6, 6.07) is 9.23. The van der Waals surface area contributed by atoms with Gasteiger partial charge < -0.3 is 5.32 Å². The number of ketones is 1. The first-order chi connectivity index (χ1) is 21.0. The fourth-order valence-corrected chi connectivity index (χ4v) is 7.22. The Kier molecular flexibility index (Phi) is 9.56. The van der Waals surface area contributed by atoms with Gasteiger partial charge in [0.2, 0.25) is 0 Å². The lowest BCUT2D eigenvalue weighted by atomic mass is 9.85. The first kappa shape index (κ1) is 31.5. The third-order valence-electron chi connectivity index (χ3n) is 7.76. The molecular formula is C31H31F4N5O3S. The van der Waals surface area contributed by atoms with Crippen LogP contribution in [0.1, 0.15) is 41.0 Å². The Morgan fingerprint density at radius 2 is 1.73 bits per heavy atom. The van der Waals surface area contributed by atoms with Gasteiger partial charge in [-0.1, -0.05) is 12.1 Å². The van der Waals surface area contributed by atoms with Gasteiger partial charge in [0.15, 0.2) is 5.03 Å². The molecule has 2 aromatic heterocycles. The quantitative estimate of drug-likeness (QED) is 0.249. The maximum absolute atomic E-state index is 15.1. The summed E-state index contributed by atoms with van der Waals surface area (Å²) in [5.41, 5.74) is 1.27. The van der Waals surface area contributed by atoms with E-state index in [1.807, 2.05) is 0 Å². The molecule has 2 atom stereocenters. The van der Waals surface area contributed by atoms with Crippen LogP contribution in [0.25, 0.3) is 0 Å². The number of halogens is 4. The van der Waals surface area contributed by atoms with Crippen molar-refractivity contribution in [3.63, 3.8) is 0 Å². The Hall–Kier alpha value is -3.94. The molecule has 0 spiro atoms. The van der Waals surface area contributed by atoms with Crippen LogP contribution in [0.2, 0.25) is 0 Å². The minimum Gasteiger partial charge on any atom is -0.314 e. The van der Waals surface area contributed by atoms with Crippen molar-refractivity contribution in [2.24, 2.45) is 7.05 Å². The molecule has 5 rings (SSSR count). The molecule has 44 heavy (non-hydrogen) atoms. The van der Waals surface area contributed by atoms with Gasteiger partial charge in [-0.15, -0.1) is 0 Å². The molecule has 1 aliphatic heterocycles. The van der Waals surface area contributed by atoms with Gasteiger partial charge in [0.05, 0.1) is 6.20 Å². The number of rotatable bonds is 11. The minimum absolute atomic E-state index is 0.0674.